The summed E-state index contributed by atoms with van der Waals surface area (Å²) < 4.78 is 0.489. The number of nitrogens with zero attached hydrogens (tertiary/aromatic N) is 3. The number of rotatable bonds is 4. The highest BCUT2D eigenvalue weighted by Gasteiger charge is 2.27. The number of halogens is 1. The second-order valence-corrected chi connectivity index (χ2v) is 8.07. The van der Waals surface area contributed by atoms with Crippen molar-refractivity contribution in [1.82, 2.24) is 9.88 Å². The predicted molar refractivity (Wildman–Crippen MR) is 104 cm³/mol. The van der Waals surface area contributed by atoms with Gasteiger partial charge in [0.05, 0.1) is 16.5 Å². The van der Waals surface area contributed by atoms with E-state index < -0.39 is 0 Å². The van der Waals surface area contributed by atoms with Gasteiger partial charge in [0.2, 0.25) is 5.88 Å². The number of hydrogen-bond acceptors (Lipinski definition) is 7. The number of benzene rings is 1. The molecule has 0 aliphatic carbocycles. The molecule has 1 aliphatic heterocycles. The van der Waals surface area contributed by atoms with E-state index in [-0.39, 0.29) is 23.3 Å². The van der Waals surface area contributed by atoms with Gasteiger partial charge >= 0.3 is 0 Å². The predicted octanol–water partition coefficient (Wildman–Crippen LogP) is 4.39. The van der Waals surface area contributed by atoms with Gasteiger partial charge in [-0.15, -0.1) is 11.3 Å². The van der Waals surface area contributed by atoms with Crippen LogP contribution in [0.5, 0.6) is 0 Å². The second-order valence-electron chi connectivity index (χ2n) is 5.43. The number of amidine groups is 1. The maximum Gasteiger partial charge on any atom is 0.204 e. The van der Waals surface area contributed by atoms with Crippen molar-refractivity contribution in [3.05, 3.63) is 57.3 Å². The molecule has 8 heteroatoms. The molecule has 1 aliphatic rings. The SMILES string of the molecule is CC(=O)/C(=C(/O)N(C)C1=NC(c2cnc(Cl)s2)CS1)c1ccccc1. The molecule has 0 spiro atoms. The first-order valence-electron chi connectivity index (χ1n) is 7.52. The van der Waals surface area contributed by atoms with Gasteiger partial charge in [0.25, 0.3) is 0 Å². The Labute approximate surface area is 159 Å². The fourth-order valence-corrected chi connectivity index (χ4v) is 4.60. The summed E-state index contributed by atoms with van der Waals surface area (Å²) in [6.07, 6.45) is 1.73. The van der Waals surface area contributed by atoms with Gasteiger partial charge in [-0.25, -0.2) is 4.98 Å². The number of carbonyl (C=O) groups excluding carboxylic acids is 1. The molecule has 2 heterocycles. The van der Waals surface area contributed by atoms with Crippen LogP contribution in [-0.2, 0) is 4.79 Å². The highest BCUT2D eigenvalue weighted by atomic mass is 35.5. The van der Waals surface area contributed by atoms with Crippen LogP contribution in [0.2, 0.25) is 4.47 Å². The van der Waals surface area contributed by atoms with Gasteiger partial charge in [0, 0.05) is 19.0 Å². The summed E-state index contributed by atoms with van der Waals surface area (Å²) in [5, 5.41) is 11.3. The maximum atomic E-state index is 12.1. The van der Waals surface area contributed by atoms with Crippen molar-refractivity contribution in [2.24, 2.45) is 4.99 Å². The van der Waals surface area contributed by atoms with Crippen molar-refractivity contribution in [1.29, 1.82) is 0 Å². The smallest absolute Gasteiger partial charge is 0.204 e. The van der Waals surface area contributed by atoms with Crippen molar-refractivity contribution in [3.8, 4) is 0 Å². The van der Waals surface area contributed by atoms with Crippen LogP contribution in [0, 0.1) is 0 Å². The van der Waals surface area contributed by atoms with Crippen LogP contribution in [0.4, 0.5) is 0 Å². The normalized spacial score (nSPS) is 17.9. The average Bonchev–Trinajstić information content (AvgIpc) is 3.23. The number of carbonyl (C=O) groups is 1. The number of hydrogen-bond donors (Lipinski definition) is 1. The highest BCUT2D eigenvalue weighted by molar-refractivity contribution is 8.14. The third-order valence-corrected chi connectivity index (χ3v) is 6.04. The molecular weight excluding hydrogens is 378 g/mol. The fourth-order valence-electron chi connectivity index (χ4n) is 2.46. The van der Waals surface area contributed by atoms with Gasteiger partial charge < -0.3 is 5.11 Å². The molecule has 2 aromatic rings. The van der Waals surface area contributed by atoms with E-state index in [1.165, 1.54) is 30.0 Å². The van der Waals surface area contributed by atoms with E-state index in [4.69, 9.17) is 11.6 Å². The van der Waals surface area contributed by atoms with Gasteiger partial charge in [0.15, 0.2) is 15.4 Å². The maximum absolute atomic E-state index is 12.1. The molecule has 1 aromatic carbocycles. The van der Waals surface area contributed by atoms with Crippen LogP contribution < -0.4 is 0 Å². The number of aliphatic imine (C=N–C) groups is 1. The van der Waals surface area contributed by atoms with E-state index in [0.717, 1.165) is 10.6 Å². The van der Waals surface area contributed by atoms with Gasteiger partial charge in [-0.2, -0.15) is 0 Å². The number of thioether (sulfide) groups is 1. The van der Waals surface area contributed by atoms with E-state index in [2.05, 4.69) is 9.98 Å². The molecule has 0 saturated carbocycles. The molecule has 1 N–H and O–H groups in total. The topological polar surface area (TPSA) is 65.8 Å². The lowest BCUT2D eigenvalue weighted by molar-refractivity contribution is -0.112. The van der Waals surface area contributed by atoms with E-state index in [0.29, 0.717) is 15.2 Å². The van der Waals surface area contributed by atoms with E-state index >= 15 is 0 Å². The second kappa shape index (κ2) is 7.59. The van der Waals surface area contributed by atoms with Crippen molar-refractivity contribution in [2.75, 3.05) is 12.8 Å². The van der Waals surface area contributed by atoms with E-state index in [9.17, 15) is 9.90 Å². The molecule has 0 radical (unpaired) electrons. The zero-order chi connectivity index (χ0) is 18.0. The van der Waals surface area contributed by atoms with Crippen LogP contribution in [0.1, 0.15) is 23.4 Å². The monoisotopic (exact) mass is 393 g/mol. The number of Topliss-reactive ketones (excluding diaryl/α,β-unsaturated/α-hetero) is 1. The van der Waals surface area contributed by atoms with Gasteiger partial charge in [-0.05, 0) is 12.5 Å². The molecule has 0 fully saturated rings. The largest absolute Gasteiger partial charge is 0.494 e. The average molecular weight is 394 g/mol. The number of allylic oxidation sites excluding steroid dienone is 1. The van der Waals surface area contributed by atoms with Crippen molar-refractivity contribution in [2.45, 2.75) is 13.0 Å². The minimum atomic E-state index is -0.204. The molecule has 0 amide bonds. The van der Waals surface area contributed by atoms with Crippen molar-refractivity contribution in [3.63, 3.8) is 0 Å². The Morgan fingerprint density at radius 1 is 1.36 bits per heavy atom. The first-order chi connectivity index (χ1) is 12.0. The lowest BCUT2D eigenvalue weighted by Crippen LogP contribution is -2.24. The molecule has 5 nitrogen and oxygen atoms in total. The highest BCUT2D eigenvalue weighted by Crippen LogP contribution is 2.36. The molecule has 0 saturated heterocycles. The van der Waals surface area contributed by atoms with Gasteiger partial charge in [-0.3, -0.25) is 14.7 Å². The summed E-state index contributed by atoms with van der Waals surface area (Å²) in [6.45, 7) is 1.44. The Balaban J connectivity index is 1.90. The minimum Gasteiger partial charge on any atom is -0.494 e. The summed E-state index contributed by atoms with van der Waals surface area (Å²) >= 11 is 8.81. The Morgan fingerprint density at radius 3 is 2.68 bits per heavy atom. The number of aliphatic hydroxyl groups is 1. The third-order valence-electron chi connectivity index (χ3n) is 3.70. The van der Waals surface area contributed by atoms with Crippen LogP contribution in [0.3, 0.4) is 0 Å². The lowest BCUT2D eigenvalue weighted by Gasteiger charge is -2.19. The summed E-state index contributed by atoms with van der Waals surface area (Å²) in [6, 6.07) is 9.08. The number of aliphatic hydroxyl groups excluding tert-OH is 1. The lowest BCUT2D eigenvalue weighted by atomic mass is 10.0. The number of ketones is 1. The van der Waals surface area contributed by atoms with Gasteiger partial charge in [-0.1, -0.05) is 53.7 Å². The number of thiazole rings is 1. The molecule has 1 atom stereocenters. The molecule has 25 heavy (non-hydrogen) atoms. The van der Waals surface area contributed by atoms with Crippen LogP contribution in [0.15, 0.2) is 47.4 Å². The fraction of sp³-hybridized carbons (Fsp3) is 0.235. The molecule has 1 unspecified atom stereocenters. The van der Waals surface area contributed by atoms with Crippen LogP contribution in [0.25, 0.3) is 5.57 Å². The first-order valence-corrected chi connectivity index (χ1v) is 9.70. The molecule has 3 rings (SSSR count). The van der Waals surface area contributed by atoms with E-state index in [1.54, 1.807) is 30.3 Å². The zero-order valence-electron chi connectivity index (χ0n) is 13.6. The molecule has 130 valence electrons. The Morgan fingerprint density at radius 2 is 2.08 bits per heavy atom. The summed E-state index contributed by atoms with van der Waals surface area (Å²) in [5.41, 5.74) is 0.949. The Kier molecular flexibility index (Phi) is 5.46. The first kappa shape index (κ1) is 18.0. The zero-order valence-corrected chi connectivity index (χ0v) is 16.0. The Bertz CT molecular complexity index is 849. The summed E-state index contributed by atoms with van der Waals surface area (Å²) in [5.74, 6) is 0.435. The van der Waals surface area contributed by atoms with Crippen molar-refractivity contribution < 1.29 is 9.90 Å². The minimum absolute atomic E-state index is 0.0437. The quantitative estimate of drug-likeness (QED) is 0.616. The molecule has 0 bridgehead atoms. The molecular formula is C17H16ClN3O2S2. The third kappa shape index (κ3) is 3.89. The summed E-state index contributed by atoms with van der Waals surface area (Å²) in [4.78, 5) is 23.3. The molecule has 1 aromatic heterocycles. The van der Waals surface area contributed by atoms with Gasteiger partial charge in [0.1, 0.15) is 0 Å². The standard InChI is InChI=1S/C17H16ClN3O2S2/c1-10(22)14(11-6-4-3-5-7-11)15(23)21(2)17-20-12(9-24-17)13-8-19-16(18)25-13/h3-8,12,23H,9H2,1-2H3/b15-14-. The summed E-state index contributed by atoms with van der Waals surface area (Å²) in [7, 11) is 1.70. The number of aromatic nitrogens is 1. The van der Waals surface area contributed by atoms with E-state index in [1.807, 2.05) is 18.2 Å². The van der Waals surface area contributed by atoms with Crippen LogP contribution >= 0.6 is 34.7 Å². The van der Waals surface area contributed by atoms with Crippen LogP contribution in [-0.4, -0.2) is 38.7 Å². The Hall–Kier alpha value is -1.83. The van der Waals surface area contributed by atoms with Crippen molar-refractivity contribution >= 4 is 51.2 Å².